The van der Waals surface area contributed by atoms with Gasteiger partial charge in [0, 0.05) is 22.9 Å². The van der Waals surface area contributed by atoms with Gasteiger partial charge in [-0.3, -0.25) is 0 Å². The van der Waals surface area contributed by atoms with Crippen molar-refractivity contribution in [3.63, 3.8) is 0 Å². The van der Waals surface area contributed by atoms with Gasteiger partial charge < -0.3 is 10.5 Å². The van der Waals surface area contributed by atoms with E-state index < -0.39 is 0 Å². The van der Waals surface area contributed by atoms with Gasteiger partial charge in [0.15, 0.2) is 0 Å². The van der Waals surface area contributed by atoms with E-state index in [1.54, 1.807) is 0 Å². The van der Waals surface area contributed by atoms with E-state index in [0.717, 1.165) is 21.7 Å². The van der Waals surface area contributed by atoms with E-state index in [-0.39, 0.29) is 11.5 Å². The molecule has 2 unspecified atom stereocenters. The number of nitrogens with two attached hydrogens (primary N) is 1. The molecule has 0 radical (unpaired) electrons. The number of hydrogen-bond donors (Lipinski definition) is 1. The molecule has 1 aromatic carbocycles. The van der Waals surface area contributed by atoms with E-state index in [1.807, 2.05) is 18.2 Å². The summed E-state index contributed by atoms with van der Waals surface area (Å²) in [6.07, 6.45) is 6.24. The van der Waals surface area contributed by atoms with Crippen molar-refractivity contribution < 1.29 is 4.74 Å². The predicted molar refractivity (Wildman–Crippen MR) is 77.1 cm³/mol. The minimum Gasteiger partial charge on any atom is -0.489 e. The average Bonchev–Trinajstić information content (AvgIpc) is 2.83. The molecular weight excluding hydrogens is 314 g/mol. The molecule has 1 spiro atoms. The summed E-state index contributed by atoms with van der Waals surface area (Å²) >= 11 is 9.44. The molecule has 1 aromatic rings. The van der Waals surface area contributed by atoms with E-state index in [9.17, 15) is 0 Å². The van der Waals surface area contributed by atoms with Crippen LogP contribution in [0.1, 0.15) is 32.1 Å². The number of ether oxygens (including phenoxy) is 1. The lowest BCUT2D eigenvalue weighted by atomic mass is 9.61. The zero-order chi connectivity index (χ0) is 12.8. The van der Waals surface area contributed by atoms with Crippen LogP contribution >= 0.6 is 27.5 Å². The summed E-state index contributed by atoms with van der Waals surface area (Å²) in [5.74, 6) is 0.877. The Balaban J connectivity index is 1.77. The SMILES string of the molecule is NC1CC(Oc2ccc(Cl)cc2Br)C12CCCC2. The highest BCUT2D eigenvalue weighted by molar-refractivity contribution is 9.10. The average molecular weight is 331 g/mol. The topological polar surface area (TPSA) is 35.2 Å². The van der Waals surface area contributed by atoms with Crippen LogP contribution in [0.4, 0.5) is 0 Å². The van der Waals surface area contributed by atoms with Crippen molar-refractivity contribution in [3.8, 4) is 5.75 Å². The maximum Gasteiger partial charge on any atom is 0.134 e. The minimum atomic E-state index is 0.235. The highest BCUT2D eigenvalue weighted by Gasteiger charge is 2.56. The summed E-state index contributed by atoms with van der Waals surface area (Å²) in [4.78, 5) is 0. The van der Waals surface area contributed by atoms with E-state index >= 15 is 0 Å². The Labute approximate surface area is 121 Å². The normalized spacial score (nSPS) is 29.3. The first-order valence-electron chi connectivity index (χ1n) is 6.49. The van der Waals surface area contributed by atoms with E-state index in [2.05, 4.69) is 15.9 Å². The van der Waals surface area contributed by atoms with Gasteiger partial charge in [-0.15, -0.1) is 0 Å². The molecule has 0 saturated heterocycles. The lowest BCUT2D eigenvalue weighted by molar-refractivity contribution is -0.0623. The van der Waals surface area contributed by atoms with Crippen molar-refractivity contribution in [1.82, 2.24) is 0 Å². The van der Waals surface area contributed by atoms with Crippen LogP contribution in [0, 0.1) is 5.41 Å². The smallest absolute Gasteiger partial charge is 0.134 e. The van der Waals surface area contributed by atoms with Gasteiger partial charge in [0.25, 0.3) is 0 Å². The zero-order valence-corrected chi connectivity index (χ0v) is 12.5. The lowest BCUT2D eigenvalue weighted by Crippen LogP contribution is -2.62. The van der Waals surface area contributed by atoms with Crippen LogP contribution in [0.15, 0.2) is 22.7 Å². The second-order valence-corrected chi connectivity index (χ2v) is 6.75. The molecule has 0 heterocycles. The maximum absolute atomic E-state index is 6.21. The lowest BCUT2D eigenvalue weighted by Gasteiger charge is -2.52. The fourth-order valence-corrected chi connectivity index (χ4v) is 4.17. The van der Waals surface area contributed by atoms with Gasteiger partial charge in [-0.1, -0.05) is 24.4 Å². The third-order valence-corrected chi connectivity index (χ3v) is 5.40. The Kier molecular flexibility index (Phi) is 3.33. The Hall–Kier alpha value is -0.250. The van der Waals surface area contributed by atoms with Crippen LogP contribution in [0.25, 0.3) is 0 Å². The summed E-state index contributed by atoms with van der Waals surface area (Å²) < 4.78 is 7.08. The third kappa shape index (κ3) is 1.97. The van der Waals surface area contributed by atoms with Gasteiger partial charge >= 0.3 is 0 Å². The molecule has 2 aliphatic rings. The van der Waals surface area contributed by atoms with Crippen molar-refractivity contribution in [2.24, 2.45) is 11.1 Å². The largest absolute Gasteiger partial charge is 0.489 e. The molecule has 2 nitrogen and oxygen atoms in total. The number of hydrogen-bond acceptors (Lipinski definition) is 2. The Morgan fingerprint density at radius 2 is 2.06 bits per heavy atom. The molecule has 2 saturated carbocycles. The van der Waals surface area contributed by atoms with Crippen LogP contribution in [0.2, 0.25) is 5.02 Å². The fraction of sp³-hybridized carbons (Fsp3) is 0.571. The first kappa shape index (κ1) is 12.8. The summed E-state index contributed by atoms with van der Waals surface area (Å²) in [7, 11) is 0. The van der Waals surface area contributed by atoms with Crippen LogP contribution in [0.5, 0.6) is 5.75 Å². The van der Waals surface area contributed by atoms with E-state index in [4.69, 9.17) is 22.1 Å². The summed E-state index contributed by atoms with van der Waals surface area (Å²) in [6, 6.07) is 5.98. The molecule has 3 rings (SSSR count). The van der Waals surface area contributed by atoms with Crippen molar-refractivity contribution in [1.29, 1.82) is 0 Å². The monoisotopic (exact) mass is 329 g/mol. The van der Waals surface area contributed by atoms with E-state index in [1.165, 1.54) is 25.7 Å². The first-order chi connectivity index (χ1) is 8.62. The minimum absolute atomic E-state index is 0.235. The standard InChI is InChI=1S/C14H17BrClNO/c15-10-7-9(16)3-4-11(10)18-13-8-12(17)14(13)5-1-2-6-14/h3-4,7,12-13H,1-2,5-6,8,17H2. The molecule has 18 heavy (non-hydrogen) atoms. The molecule has 2 aliphatic carbocycles. The van der Waals surface area contributed by atoms with Crippen LogP contribution in [-0.4, -0.2) is 12.1 Å². The number of benzene rings is 1. The van der Waals surface area contributed by atoms with Gasteiger partial charge in [-0.2, -0.15) is 0 Å². The number of halogens is 2. The maximum atomic E-state index is 6.21. The predicted octanol–water partition coefficient (Wildman–Crippen LogP) is 4.14. The van der Waals surface area contributed by atoms with Crippen molar-refractivity contribution in [3.05, 3.63) is 27.7 Å². The third-order valence-electron chi connectivity index (χ3n) is 4.55. The first-order valence-corrected chi connectivity index (χ1v) is 7.66. The molecular formula is C14H17BrClNO. The summed E-state index contributed by atoms with van der Waals surface area (Å²) in [5.41, 5.74) is 6.45. The molecule has 0 amide bonds. The molecule has 2 N–H and O–H groups in total. The van der Waals surface area contributed by atoms with Gasteiger partial charge in [-0.05, 0) is 47.0 Å². The quantitative estimate of drug-likeness (QED) is 0.884. The van der Waals surface area contributed by atoms with Crippen LogP contribution in [-0.2, 0) is 0 Å². The second kappa shape index (κ2) is 4.69. The Bertz CT molecular complexity index is 459. The van der Waals surface area contributed by atoms with Crippen LogP contribution < -0.4 is 10.5 Å². The van der Waals surface area contributed by atoms with E-state index in [0.29, 0.717) is 6.04 Å². The second-order valence-electron chi connectivity index (χ2n) is 5.46. The van der Waals surface area contributed by atoms with Gasteiger partial charge in [0.2, 0.25) is 0 Å². The van der Waals surface area contributed by atoms with Crippen molar-refractivity contribution in [2.45, 2.75) is 44.2 Å². The molecule has 2 atom stereocenters. The summed E-state index contributed by atoms with van der Waals surface area (Å²) in [6.45, 7) is 0. The van der Waals surface area contributed by atoms with Crippen molar-refractivity contribution >= 4 is 27.5 Å². The van der Waals surface area contributed by atoms with Crippen molar-refractivity contribution in [2.75, 3.05) is 0 Å². The van der Waals surface area contributed by atoms with Gasteiger partial charge in [0.1, 0.15) is 11.9 Å². The molecule has 0 bridgehead atoms. The molecule has 0 aromatic heterocycles. The summed E-state index contributed by atoms with van der Waals surface area (Å²) in [5, 5.41) is 0.718. The molecule has 4 heteroatoms. The van der Waals surface area contributed by atoms with Gasteiger partial charge in [0.05, 0.1) is 4.47 Å². The van der Waals surface area contributed by atoms with Gasteiger partial charge in [-0.25, -0.2) is 0 Å². The highest BCUT2D eigenvalue weighted by atomic mass is 79.9. The molecule has 2 fully saturated rings. The zero-order valence-electron chi connectivity index (χ0n) is 10.2. The number of rotatable bonds is 2. The highest BCUT2D eigenvalue weighted by Crippen LogP contribution is 2.54. The fourth-order valence-electron chi connectivity index (χ4n) is 3.39. The molecule has 0 aliphatic heterocycles. The Morgan fingerprint density at radius 1 is 1.33 bits per heavy atom. The van der Waals surface area contributed by atoms with Crippen LogP contribution in [0.3, 0.4) is 0 Å². The Morgan fingerprint density at radius 3 is 2.67 bits per heavy atom. The molecule has 98 valence electrons.